The minimum absolute atomic E-state index is 0.00325. The number of carboxylic acid groups (broad SMARTS) is 1. The molecule has 154 valence electrons. The first-order valence-corrected chi connectivity index (χ1v) is 9.09. The Balaban J connectivity index is 1.89. The Morgan fingerprint density at radius 1 is 1.36 bits per heavy atom. The van der Waals surface area contributed by atoms with Crippen LogP contribution in [0.15, 0.2) is 6.07 Å². The van der Waals surface area contributed by atoms with Crippen molar-refractivity contribution in [3.05, 3.63) is 28.8 Å². The van der Waals surface area contributed by atoms with Crippen molar-refractivity contribution < 1.29 is 33.0 Å². The Kier molecular flexibility index (Phi) is 5.22. The number of rotatable bonds is 3. The van der Waals surface area contributed by atoms with Gasteiger partial charge in [0.2, 0.25) is 0 Å². The van der Waals surface area contributed by atoms with Crippen molar-refractivity contribution in [2.24, 2.45) is 0 Å². The maximum Gasteiger partial charge on any atom is 0.408 e. The molecule has 0 aliphatic carbocycles. The second-order valence-corrected chi connectivity index (χ2v) is 8.10. The average Bonchev–Trinajstić information content (AvgIpc) is 3.14. The van der Waals surface area contributed by atoms with Gasteiger partial charge in [0.15, 0.2) is 0 Å². The second kappa shape index (κ2) is 7.20. The standard InChI is InChI=1S/C19H24F2N2O5/c1-9-14(21)10(17(24)25)7-11(20)15(9)23-8-12(16-13(23)5-6-27-16)22-18(26)28-19(2,3)4/h7,12-13,16H,5-6,8H2,1-4H3,(H,22,26)(H,24,25)/t12-,13+,16+/m0/s1. The number of benzene rings is 1. The Morgan fingerprint density at radius 2 is 2.04 bits per heavy atom. The van der Waals surface area contributed by atoms with Gasteiger partial charge in [0.25, 0.3) is 0 Å². The minimum Gasteiger partial charge on any atom is -0.478 e. The van der Waals surface area contributed by atoms with E-state index in [9.17, 15) is 18.4 Å². The van der Waals surface area contributed by atoms with Crippen LogP contribution in [0.3, 0.4) is 0 Å². The van der Waals surface area contributed by atoms with Crippen molar-refractivity contribution in [3.63, 3.8) is 0 Å². The Bertz CT molecular complexity index is 808. The molecule has 3 rings (SSSR count). The molecule has 2 heterocycles. The van der Waals surface area contributed by atoms with E-state index in [1.807, 2.05) is 0 Å². The van der Waals surface area contributed by atoms with Gasteiger partial charge >= 0.3 is 12.1 Å². The molecule has 1 aromatic rings. The van der Waals surface area contributed by atoms with Gasteiger partial charge in [-0.25, -0.2) is 18.4 Å². The second-order valence-electron chi connectivity index (χ2n) is 8.10. The van der Waals surface area contributed by atoms with Crippen LogP contribution in [0.25, 0.3) is 0 Å². The molecular formula is C19H24F2N2O5. The predicted octanol–water partition coefficient (Wildman–Crippen LogP) is 2.84. The number of carbonyl (C=O) groups excluding carboxylic acids is 1. The zero-order valence-electron chi connectivity index (χ0n) is 16.2. The minimum atomic E-state index is -1.53. The van der Waals surface area contributed by atoms with Crippen LogP contribution < -0.4 is 10.2 Å². The molecule has 0 spiro atoms. The lowest BCUT2D eigenvalue weighted by Crippen LogP contribution is -2.45. The molecule has 7 nitrogen and oxygen atoms in total. The first-order chi connectivity index (χ1) is 13.0. The van der Waals surface area contributed by atoms with Crippen LogP contribution in [0, 0.1) is 18.6 Å². The SMILES string of the molecule is Cc1c(F)c(C(=O)O)cc(F)c1N1C[C@H](NC(=O)OC(C)(C)C)[C@H]2OCC[C@H]21. The first kappa shape index (κ1) is 20.3. The summed E-state index contributed by atoms with van der Waals surface area (Å²) in [5.74, 6) is -3.32. The van der Waals surface area contributed by atoms with E-state index >= 15 is 0 Å². The molecule has 0 unspecified atom stereocenters. The van der Waals surface area contributed by atoms with Crippen LogP contribution in [0.2, 0.25) is 0 Å². The number of amides is 1. The molecule has 0 saturated carbocycles. The highest BCUT2D eigenvalue weighted by Crippen LogP contribution is 2.38. The quantitative estimate of drug-likeness (QED) is 0.814. The monoisotopic (exact) mass is 398 g/mol. The summed E-state index contributed by atoms with van der Waals surface area (Å²) in [5.41, 5.74) is -1.46. The number of hydrogen-bond donors (Lipinski definition) is 2. The van der Waals surface area contributed by atoms with E-state index < -0.39 is 47.0 Å². The number of ether oxygens (including phenoxy) is 2. The van der Waals surface area contributed by atoms with Gasteiger partial charge in [0.1, 0.15) is 17.2 Å². The topological polar surface area (TPSA) is 88.1 Å². The van der Waals surface area contributed by atoms with Crippen molar-refractivity contribution in [3.8, 4) is 0 Å². The van der Waals surface area contributed by atoms with Gasteiger partial charge < -0.3 is 24.8 Å². The summed E-state index contributed by atoms with van der Waals surface area (Å²) in [7, 11) is 0. The molecular weight excluding hydrogens is 374 g/mol. The van der Waals surface area contributed by atoms with E-state index in [4.69, 9.17) is 14.6 Å². The van der Waals surface area contributed by atoms with E-state index in [1.165, 1.54) is 6.92 Å². The zero-order valence-corrected chi connectivity index (χ0v) is 16.2. The van der Waals surface area contributed by atoms with Gasteiger partial charge in [-0.2, -0.15) is 0 Å². The lowest BCUT2D eigenvalue weighted by molar-refractivity contribution is 0.0409. The van der Waals surface area contributed by atoms with Crippen LogP contribution >= 0.6 is 0 Å². The summed E-state index contributed by atoms with van der Waals surface area (Å²) in [6, 6.07) is -0.0361. The van der Waals surface area contributed by atoms with Crippen molar-refractivity contribution >= 4 is 17.7 Å². The fraction of sp³-hybridized carbons (Fsp3) is 0.579. The largest absolute Gasteiger partial charge is 0.478 e. The highest BCUT2D eigenvalue weighted by molar-refractivity contribution is 5.89. The number of anilines is 1. The van der Waals surface area contributed by atoms with Crippen LogP contribution in [0.1, 0.15) is 43.1 Å². The predicted molar refractivity (Wildman–Crippen MR) is 96.7 cm³/mol. The van der Waals surface area contributed by atoms with Crippen LogP contribution in [0.5, 0.6) is 0 Å². The summed E-state index contributed by atoms with van der Waals surface area (Å²) in [6.07, 6.45) is -0.426. The molecule has 2 saturated heterocycles. The summed E-state index contributed by atoms with van der Waals surface area (Å²) in [5, 5.41) is 11.8. The molecule has 2 N–H and O–H groups in total. The number of fused-ring (bicyclic) bond motifs is 1. The average molecular weight is 398 g/mol. The normalized spacial score (nSPS) is 24.2. The first-order valence-electron chi connectivity index (χ1n) is 9.09. The van der Waals surface area contributed by atoms with Gasteiger partial charge in [0, 0.05) is 18.7 Å². The number of carbonyl (C=O) groups is 2. The highest BCUT2D eigenvalue weighted by Gasteiger charge is 2.48. The number of aromatic carboxylic acids is 1. The van der Waals surface area contributed by atoms with Crippen LogP contribution in [-0.4, -0.2) is 54.1 Å². The van der Waals surface area contributed by atoms with E-state index in [0.717, 1.165) is 0 Å². The van der Waals surface area contributed by atoms with Crippen molar-refractivity contribution in [1.82, 2.24) is 5.32 Å². The summed E-state index contributed by atoms with van der Waals surface area (Å²) >= 11 is 0. The molecule has 28 heavy (non-hydrogen) atoms. The molecule has 1 amide bonds. The van der Waals surface area contributed by atoms with Gasteiger partial charge in [0.05, 0.1) is 29.4 Å². The third kappa shape index (κ3) is 3.76. The van der Waals surface area contributed by atoms with Gasteiger partial charge in [-0.1, -0.05) is 0 Å². The Labute approximate surface area is 161 Å². The fourth-order valence-electron chi connectivity index (χ4n) is 3.86. The zero-order chi connectivity index (χ0) is 20.8. The molecule has 0 bridgehead atoms. The molecule has 0 aromatic heterocycles. The third-order valence-corrected chi connectivity index (χ3v) is 4.93. The van der Waals surface area contributed by atoms with Crippen LogP contribution in [0.4, 0.5) is 19.3 Å². The molecule has 3 atom stereocenters. The highest BCUT2D eigenvalue weighted by atomic mass is 19.1. The van der Waals surface area contributed by atoms with E-state index in [1.54, 1.807) is 25.7 Å². The molecule has 1 aromatic carbocycles. The van der Waals surface area contributed by atoms with Crippen molar-refractivity contribution in [2.75, 3.05) is 18.1 Å². The number of carboxylic acids is 1. The molecule has 0 radical (unpaired) electrons. The summed E-state index contributed by atoms with van der Waals surface area (Å²) in [6.45, 7) is 7.20. The van der Waals surface area contributed by atoms with E-state index in [0.29, 0.717) is 19.1 Å². The number of nitrogens with zero attached hydrogens (tertiary/aromatic N) is 1. The van der Waals surface area contributed by atoms with Gasteiger partial charge in [-0.15, -0.1) is 0 Å². The lowest BCUT2D eigenvalue weighted by atomic mass is 10.0. The maximum absolute atomic E-state index is 14.7. The number of hydrogen-bond acceptors (Lipinski definition) is 5. The molecule has 2 fully saturated rings. The summed E-state index contributed by atoms with van der Waals surface area (Å²) < 4.78 is 40.2. The smallest absolute Gasteiger partial charge is 0.408 e. The third-order valence-electron chi connectivity index (χ3n) is 4.93. The summed E-state index contributed by atoms with van der Waals surface area (Å²) in [4.78, 5) is 24.9. The lowest BCUT2D eigenvalue weighted by Gasteiger charge is -2.27. The van der Waals surface area contributed by atoms with Gasteiger partial charge in [-0.05, 0) is 40.2 Å². The molecule has 2 aliphatic rings. The Morgan fingerprint density at radius 3 is 2.64 bits per heavy atom. The number of alkyl carbamates (subject to hydrolysis) is 1. The fourth-order valence-corrected chi connectivity index (χ4v) is 3.86. The van der Waals surface area contributed by atoms with Crippen LogP contribution in [-0.2, 0) is 9.47 Å². The van der Waals surface area contributed by atoms with E-state index in [2.05, 4.69) is 5.32 Å². The maximum atomic E-state index is 14.7. The Hall–Kier alpha value is -2.42. The number of halogens is 2. The number of nitrogens with one attached hydrogen (secondary N) is 1. The molecule has 2 aliphatic heterocycles. The molecule has 9 heteroatoms. The van der Waals surface area contributed by atoms with Crippen molar-refractivity contribution in [2.45, 2.75) is 57.9 Å². The van der Waals surface area contributed by atoms with E-state index in [-0.39, 0.29) is 23.8 Å². The van der Waals surface area contributed by atoms with Crippen molar-refractivity contribution in [1.29, 1.82) is 0 Å². The van der Waals surface area contributed by atoms with Gasteiger partial charge in [-0.3, -0.25) is 0 Å².